The Morgan fingerprint density at radius 3 is 2.71 bits per heavy atom. The Hall–Kier alpha value is -1.88. The molecule has 1 unspecified atom stereocenters. The van der Waals surface area contributed by atoms with Gasteiger partial charge in [-0.05, 0) is 93.2 Å². The highest BCUT2D eigenvalue weighted by Crippen LogP contribution is 2.40. The van der Waals surface area contributed by atoms with Crippen molar-refractivity contribution in [2.24, 2.45) is 11.7 Å². The highest BCUT2D eigenvalue weighted by atomic mass is 35.5. The van der Waals surface area contributed by atoms with Crippen LogP contribution in [0.15, 0.2) is 42.5 Å². The number of sulfonamides is 1. The van der Waals surface area contributed by atoms with Crippen molar-refractivity contribution >= 4 is 27.4 Å². The van der Waals surface area contributed by atoms with Gasteiger partial charge in [0.1, 0.15) is 5.82 Å². The summed E-state index contributed by atoms with van der Waals surface area (Å²) in [7, 11) is -3.34. The fraction of sp³-hybridized carbons (Fsp3) is 0.594. The van der Waals surface area contributed by atoms with Gasteiger partial charge in [0.05, 0.1) is 17.4 Å². The lowest BCUT2D eigenvalue weighted by atomic mass is 9.72. The van der Waals surface area contributed by atoms with Crippen molar-refractivity contribution in [3.63, 3.8) is 0 Å². The summed E-state index contributed by atoms with van der Waals surface area (Å²) in [5.41, 5.74) is 8.49. The predicted octanol–water partition coefficient (Wildman–Crippen LogP) is 4.61. The van der Waals surface area contributed by atoms with Crippen molar-refractivity contribution in [1.29, 1.82) is 0 Å². The van der Waals surface area contributed by atoms with E-state index in [2.05, 4.69) is 19.2 Å². The lowest BCUT2D eigenvalue weighted by Crippen LogP contribution is -2.57. The van der Waals surface area contributed by atoms with Gasteiger partial charge in [0.15, 0.2) is 5.78 Å². The fourth-order valence-corrected chi connectivity index (χ4v) is 9.09. The molecule has 230 valence electrons. The van der Waals surface area contributed by atoms with Crippen LogP contribution in [0.4, 0.5) is 4.39 Å². The van der Waals surface area contributed by atoms with Crippen LogP contribution in [-0.2, 0) is 32.4 Å². The van der Waals surface area contributed by atoms with Crippen molar-refractivity contribution in [3.05, 3.63) is 70.0 Å². The van der Waals surface area contributed by atoms with Gasteiger partial charge in [-0.15, -0.1) is 0 Å². The van der Waals surface area contributed by atoms with Crippen LogP contribution in [0.25, 0.3) is 0 Å². The molecular formula is C32H43ClFN3O4S. The van der Waals surface area contributed by atoms with E-state index in [1.165, 1.54) is 6.07 Å². The maximum Gasteiger partial charge on any atom is 0.214 e. The van der Waals surface area contributed by atoms with Gasteiger partial charge in [0.25, 0.3) is 0 Å². The molecule has 3 aliphatic rings. The summed E-state index contributed by atoms with van der Waals surface area (Å²) in [5, 5.41) is 4.09. The van der Waals surface area contributed by atoms with Gasteiger partial charge in [0, 0.05) is 49.1 Å². The lowest BCUT2D eigenvalue weighted by molar-refractivity contribution is -0.122. The first-order valence-corrected chi connectivity index (χ1v) is 17.1. The molecule has 42 heavy (non-hydrogen) atoms. The number of halogens is 2. The van der Waals surface area contributed by atoms with Crippen molar-refractivity contribution in [1.82, 2.24) is 9.62 Å². The van der Waals surface area contributed by atoms with Gasteiger partial charge in [0.2, 0.25) is 10.0 Å². The highest BCUT2D eigenvalue weighted by Gasteiger charge is 2.40. The number of ether oxygens (including phenoxy) is 1. The van der Waals surface area contributed by atoms with E-state index in [1.807, 2.05) is 24.3 Å². The number of fused-ring (bicyclic) bond motifs is 2. The van der Waals surface area contributed by atoms with E-state index in [4.69, 9.17) is 22.1 Å². The normalized spacial score (nSPS) is 28.4. The molecule has 3 heterocycles. The number of Topliss-reactive ketones (excluding diaryl/α,β-unsaturated/α-hetero) is 1. The number of nitrogens with one attached hydrogen (secondary N) is 1. The maximum absolute atomic E-state index is 15.2. The van der Waals surface area contributed by atoms with E-state index in [1.54, 1.807) is 16.4 Å². The van der Waals surface area contributed by atoms with Crippen molar-refractivity contribution < 1.29 is 22.3 Å². The van der Waals surface area contributed by atoms with E-state index in [-0.39, 0.29) is 53.3 Å². The number of benzene rings is 2. The zero-order valence-electron chi connectivity index (χ0n) is 24.5. The molecule has 0 amide bonds. The number of nitrogens with zero attached hydrogens (tertiary/aromatic N) is 1. The van der Waals surface area contributed by atoms with Gasteiger partial charge in [-0.2, -0.15) is 4.31 Å². The summed E-state index contributed by atoms with van der Waals surface area (Å²) in [4.78, 5) is 13.8. The number of piperazine rings is 1. The standard InChI is InChI=1S/C32H43ClFN3O4S/c1-32(2)18-23(14-15-41-32)30(21-8-10-24(33)11-9-21)31(35)29(38)17-22-5-3-7-28(34)27(22)13-12-26-19-36-25-6-4-16-42(39,40)37(26)20-25/h3,5,7-11,23,25-26,30-31,36H,4,6,12-20,35H2,1-2H3/t23-,25+,26-,30-,31+/m0/s1. The molecular weight excluding hydrogens is 577 g/mol. The Balaban J connectivity index is 1.34. The average Bonchev–Trinajstić information content (AvgIpc) is 3.05. The third kappa shape index (κ3) is 7.25. The van der Waals surface area contributed by atoms with Crippen LogP contribution in [0.5, 0.6) is 0 Å². The maximum atomic E-state index is 15.2. The molecule has 10 heteroatoms. The second-order valence-corrected chi connectivity index (χ2v) is 15.3. The second kappa shape index (κ2) is 13.0. The van der Waals surface area contributed by atoms with Crippen LogP contribution in [0.3, 0.4) is 0 Å². The van der Waals surface area contributed by atoms with Crippen LogP contribution in [-0.4, -0.2) is 67.7 Å². The largest absolute Gasteiger partial charge is 0.376 e. The Bertz CT molecular complexity index is 1370. The summed E-state index contributed by atoms with van der Waals surface area (Å²) in [6, 6.07) is 11.5. The summed E-state index contributed by atoms with van der Waals surface area (Å²) < 4.78 is 48.6. The molecule has 0 aromatic heterocycles. The van der Waals surface area contributed by atoms with Gasteiger partial charge in [-0.25, -0.2) is 12.8 Å². The fourth-order valence-electron chi connectivity index (χ4n) is 7.15. The average molecular weight is 620 g/mol. The summed E-state index contributed by atoms with van der Waals surface area (Å²) in [6.45, 7) is 5.72. The molecule has 0 aliphatic carbocycles. The van der Waals surface area contributed by atoms with Crippen LogP contribution in [0.2, 0.25) is 5.02 Å². The molecule has 2 aromatic rings. The molecule has 3 N–H and O–H groups in total. The Morgan fingerprint density at radius 2 is 1.98 bits per heavy atom. The minimum atomic E-state index is -3.34. The molecule has 2 aromatic carbocycles. The Morgan fingerprint density at radius 1 is 1.21 bits per heavy atom. The van der Waals surface area contributed by atoms with E-state index >= 15 is 4.39 Å². The minimum absolute atomic E-state index is 0.0119. The molecule has 0 radical (unpaired) electrons. The van der Waals surface area contributed by atoms with Gasteiger partial charge in [-0.1, -0.05) is 35.9 Å². The first-order valence-electron chi connectivity index (χ1n) is 15.1. The second-order valence-electron chi connectivity index (χ2n) is 12.8. The van der Waals surface area contributed by atoms with Gasteiger partial charge in [-0.3, -0.25) is 4.79 Å². The highest BCUT2D eigenvalue weighted by molar-refractivity contribution is 7.89. The van der Waals surface area contributed by atoms with E-state index in [0.29, 0.717) is 55.1 Å². The third-order valence-electron chi connectivity index (χ3n) is 9.33. The van der Waals surface area contributed by atoms with E-state index < -0.39 is 16.1 Å². The predicted molar refractivity (Wildman–Crippen MR) is 164 cm³/mol. The van der Waals surface area contributed by atoms with Crippen molar-refractivity contribution in [2.75, 3.05) is 25.4 Å². The van der Waals surface area contributed by atoms with Crippen LogP contribution in [0, 0.1) is 11.7 Å². The quantitative estimate of drug-likeness (QED) is 0.425. The van der Waals surface area contributed by atoms with E-state index in [0.717, 1.165) is 24.8 Å². The molecule has 3 aliphatic heterocycles. The molecule has 6 atom stereocenters. The van der Waals surface area contributed by atoms with Crippen molar-refractivity contribution in [3.8, 4) is 0 Å². The number of hydrogen-bond donors (Lipinski definition) is 2. The van der Waals surface area contributed by atoms with Crippen LogP contribution < -0.4 is 11.1 Å². The van der Waals surface area contributed by atoms with Crippen LogP contribution >= 0.6 is 11.6 Å². The number of rotatable bonds is 9. The SMILES string of the molecule is CC1(C)C[C@@H]([C@H](c2ccc(Cl)cc2)[C@H](N)C(=O)Cc2cccc(F)c2CC[C@H]2CN[C@@H]3CCCS(=O)(=O)N2C3)CCO1. The zero-order valence-corrected chi connectivity index (χ0v) is 26.1. The van der Waals surface area contributed by atoms with Crippen molar-refractivity contribution in [2.45, 2.75) is 88.4 Å². The zero-order chi connectivity index (χ0) is 30.1. The van der Waals surface area contributed by atoms with Gasteiger partial charge < -0.3 is 15.8 Å². The van der Waals surface area contributed by atoms with E-state index in [9.17, 15) is 13.2 Å². The number of nitrogens with two attached hydrogens (primary N) is 1. The number of ketones is 1. The number of carbonyl (C=O) groups excluding carboxylic acids is 1. The number of carbonyl (C=O) groups is 1. The molecule has 0 saturated carbocycles. The monoisotopic (exact) mass is 619 g/mol. The smallest absolute Gasteiger partial charge is 0.214 e. The summed E-state index contributed by atoms with van der Waals surface area (Å²) in [6.07, 6.45) is 3.86. The number of hydrogen-bond acceptors (Lipinski definition) is 6. The Labute approximate surface area is 254 Å². The molecule has 2 bridgehead atoms. The molecule has 3 fully saturated rings. The Kier molecular flexibility index (Phi) is 9.77. The minimum Gasteiger partial charge on any atom is -0.376 e. The first kappa shape index (κ1) is 31.5. The molecule has 0 spiro atoms. The molecule has 5 rings (SSSR count). The molecule has 3 saturated heterocycles. The van der Waals surface area contributed by atoms with Gasteiger partial charge >= 0.3 is 0 Å². The summed E-state index contributed by atoms with van der Waals surface area (Å²) in [5.74, 6) is -0.473. The van der Waals surface area contributed by atoms with Crippen LogP contribution in [0.1, 0.15) is 68.6 Å². The topological polar surface area (TPSA) is 102 Å². The first-order chi connectivity index (χ1) is 19.9. The summed E-state index contributed by atoms with van der Waals surface area (Å²) >= 11 is 6.17. The third-order valence-corrected chi connectivity index (χ3v) is 11.5. The lowest BCUT2D eigenvalue weighted by Gasteiger charge is -2.41. The molecule has 7 nitrogen and oxygen atoms in total.